The molecule has 134 valence electrons. The quantitative estimate of drug-likeness (QED) is 0.420. The average Bonchev–Trinajstić information content (AvgIpc) is 2.91. The molecule has 1 aliphatic heterocycles. The van der Waals surface area contributed by atoms with Crippen molar-refractivity contribution in [1.82, 2.24) is 19.2 Å². The molecule has 1 aromatic carbocycles. The van der Waals surface area contributed by atoms with Crippen LogP contribution < -0.4 is 0 Å². The van der Waals surface area contributed by atoms with Gasteiger partial charge in [0.15, 0.2) is 4.77 Å². The lowest BCUT2D eigenvalue weighted by Crippen LogP contribution is -2.37. The summed E-state index contributed by atoms with van der Waals surface area (Å²) in [5.74, 6) is 1.78. The number of ether oxygens (including phenoxy) is 1. The third-order valence-corrected chi connectivity index (χ3v) is 5.58. The van der Waals surface area contributed by atoms with Gasteiger partial charge < -0.3 is 4.74 Å². The minimum atomic E-state index is 0.686. The molecule has 0 unspecified atom stereocenters. The van der Waals surface area contributed by atoms with Gasteiger partial charge in [-0.2, -0.15) is 5.10 Å². The van der Waals surface area contributed by atoms with Crippen molar-refractivity contribution in [3.63, 3.8) is 0 Å². The molecule has 2 heterocycles. The first-order chi connectivity index (χ1) is 12.2. The molecule has 0 atom stereocenters. The number of nitrogens with zero attached hydrogens (tertiary/aromatic N) is 4. The number of allylic oxidation sites excluding steroid dienone is 1. The number of aromatic nitrogens is 3. The molecule has 0 amide bonds. The summed E-state index contributed by atoms with van der Waals surface area (Å²) in [6.45, 7) is 10.7. The molecule has 1 aromatic heterocycles. The van der Waals surface area contributed by atoms with Gasteiger partial charge in [-0.25, -0.2) is 4.68 Å². The van der Waals surface area contributed by atoms with E-state index in [9.17, 15) is 0 Å². The van der Waals surface area contributed by atoms with Crippen molar-refractivity contribution in [3.8, 4) is 0 Å². The van der Waals surface area contributed by atoms with E-state index in [-0.39, 0.29) is 0 Å². The number of rotatable bonds is 7. The molecule has 1 saturated heterocycles. The molecule has 1 aliphatic rings. The Hall–Kier alpha value is -1.41. The van der Waals surface area contributed by atoms with E-state index in [1.54, 1.807) is 11.8 Å². The Morgan fingerprint density at radius 1 is 1.28 bits per heavy atom. The fourth-order valence-electron chi connectivity index (χ4n) is 2.71. The van der Waals surface area contributed by atoms with Gasteiger partial charge in [0.25, 0.3) is 0 Å². The van der Waals surface area contributed by atoms with Crippen LogP contribution in [0.25, 0.3) is 0 Å². The zero-order valence-corrected chi connectivity index (χ0v) is 16.2. The first kappa shape index (κ1) is 18.4. The summed E-state index contributed by atoms with van der Waals surface area (Å²) >= 11 is 7.42. The van der Waals surface area contributed by atoms with E-state index < -0.39 is 0 Å². The zero-order chi connectivity index (χ0) is 17.6. The number of thioether (sulfide) groups is 1. The van der Waals surface area contributed by atoms with Crippen molar-refractivity contribution in [1.29, 1.82) is 0 Å². The van der Waals surface area contributed by atoms with Gasteiger partial charge in [0, 0.05) is 24.5 Å². The Labute approximate surface area is 158 Å². The highest BCUT2D eigenvalue weighted by Gasteiger charge is 2.15. The normalized spacial score (nSPS) is 15.4. The Balaban J connectivity index is 1.74. The zero-order valence-electron chi connectivity index (χ0n) is 14.6. The van der Waals surface area contributed by atoms with Crippen molar-refractivity contribution in [2.75, 3.05) is 26.3 Å². The summed E-state index contributed by atoms with van der Waals surface area (Å²) in [5.41, 5.74) is 1.27. The molecular weight excluding hydrogens is 352 g/mol. The Morgan fingerprint density at radius 2 is 2.00 bits per heavy atom. The van der Waals surface area contributed by atoms with E-state index in [0.29, 0.717) is 13.2 Å². The average molecular weight is 377 g/mol. The molecule has 0 radical (unpaired) electrons. The summed E-state index contributed by atoms with van der Waals surface area (Å²) < 4.78 is 10.2. The molecular formula is C18H24N4OS2. The van der Waals surface area contributed by atoms with E-state index in [2.05, 4.69) is 47.2 Å². The van der Waals surface area contributed by atoms with Crippen molar-refractivity contribution in [2.24, 2.45) is 0 Å². The number of hydrogen-bond acceptors (Lipinski definition) is 5. The molecule has 7 heteroatoms. The summed E-state index contributed by atoms with van der Waals surface area (Å²) in [7, 11) is 0. The summed E-state index contributed by atoms with van der Waals surface area (Å²) in [4.78, 5) is 3.56. The Morgan fingerprint density at radius 3 is 2.68 bits per heavy atom. The van der Waals surface area contributed by atoms with Crippen LogP contribution in [-0.2, 0) is 23.7 Å². The largest absolute Gasteiger partial charge is 0.379 e. The van der Waals surface area contributed by atoms with Crippen molar-refractivity contribution >= 4 is 24.0 Å². The van der Waals surface area contributed by atoms with Gasteiger partial charge in [0.1, 0.15) is 5.82 Å². The first-order valence-corrected chi connectivity index (χ1v) is 9.84. The molecule has 2 aromatic rings. The van der Waals surface area contributed by atoms with Crippen LogP contribution in [0.1, 0.15) is 11.4 Å². The number of morpholine rings is 1. The van der Waals surface area contributed by atoms with E-state index in [4.69, 9.17) is 22.1 Å². The van der Waals surface area contributed by atoms with E-state index in [1.165, 1.54) is 10.5 Å². The third-order valence-electron chi connectivity index (χ3n) is 4.14. The lowest BCUT2D eigenvalue weighted by Gasteiger charge is -2.26. The third kappa shape index (κ3) is 4.82. The number of benzene rings is 1. The van der Waals surface area contributed by atoms with Gasteiger partial charge in [-0.05, 0) is 31.3 Å². The van der Waals surface area contributed by atoms with E-state index >= 15 is 0 Å². The predicted octanol–water partition coefficient (Wildman–Crippen LogP) is 3.49. The fourth-order valence-corrected chi connectivity index (χ4v) is 3.83. The van der Waals surface area contributed by atoms with Gasteiger partial charge in [-0.15, -0.1) is 18.3 Å². The van der Waals surface area contributed by atoms with Crippen LogP contribution >= 0.6 is 24.0 Å². The minimum Gasteiger partial charge on any atom is -0.379 e. The van der Waals surface area contributed by atoms with Crippen molar-refractivity contribution in [2.45, 2.75) is 30.8 Å². The summed E-state index contributed by atoms with van der Waals surface area (Å²) in [6, 6.07) is 8.57. The Bertz CT molecular complexity index is 760. The second kappa shape index (κ2) is 8.80. The van der Waals surface area contributed by atoms with Crippen molar-refractivity contribution in [3.05, 3.63) is 53.1 Å². The lowest BCUT2D eigenvalue weighted by molar-refractivity contribution is 0.0209. The SMILES string of the molecule is C=CCn1c(CSc2ccc(C)cc2)nn(CN2CCOCC2)c1=S. The highest BCUT2D eigenvalue weighted by Crippen LogP contribution is 2.23. The molecule has 0 aliphatic carbocycles. The van der Waals surface area contributed by atoms with Crippen molar-refractivity contribution < 1.29 is 4.74 Å². The monoisotopic (exact) mass is 376 g/mol. The molecule has 25 heavy (non-hydrogen) atoms. The molecule has 0 saturated carbocycles. The van der Waals surface area contributed by atoms with Gasteiger partial charge in [-0.3, -0.25) is 9.47 Å². The van der Waals surface area contributed by atoms with E-state index in [1.807, 2.05) is 10.8 Å². The van der Waals surface area contributed by atoms with Crippen LogP contribution in [0.5, 0.6) is 0 Å². The highest BCUT2D eigenvalue weighted by molar-refractivity contribution is 7.98. The van der Waals surface area contributed by atoms with Crippen LogP contribution in [-0.4, -0.2) is 45.6 Å². The molecule has 0 N–H and O–H groups in total. The maximum atomic E-state index is 5.64. The molecule has 0 bridgehead atoms. The summed E-state index contributed by atoms with van der Waals surface area (Å²) in [6.07, 6.45) is 1.87. The fraction of sp³-hybridized carbons (Fsp3) is 0.444. The topological polar surface area (TPSA) is 35.2 Å². The maximum Gasteiger partial charge on any atom is 0.199 e. The van der Waals surface area contributed by atoms with Crippen LogP contribution in [0.2, 0.25) is 0 Å². The number of aryl methyl sites for hydroxylation is 1. The second-order valence-corrected chi connectivity index (χ2v) is 7.49. The standard InChI is InChI=1S/C18H24N4OS2/c1-3-8-21-17(13-25-16-6-4-15(2)5-7-16)19-22(18(21)24)14-20-9-11-23-12-10-20/h3-7H,1,8-14H2,2H3. The predicted molar refractivity (Wildman–Crippen MR) is 104 cm³/mol. The Kier molecular flexibility index (Phi) is 6.47. The number of hydrogen-bond donors (Lipinski definition) is 0. The van der Waals surface area contributed by atoms with Gasteiger partial charge >= 0.3 is 0 Å². The molecule has 3 rings (SSSR count). The van der Waals surface area contributed by atoms with Gasteiger partial charge in [0.2, 0.25) is 0 Å². The maximum absolute atomic E-state index is 5.64. The lowest BCUT2D eigenvalue weighted by atomic mass is 10.2. The first-order valence-electron chi connectivity index (χ1n) is 8.44. The molecule has 1 fully saturated rings. The van der Waals surface area contributed by atoms with Crippen LogP contribution in [0.3, 0.4) is 0 Å². The van der Waals surface area contributed by atoms with Crippen LogP contribution in [0, 0.1) is 11.7 Å². The van der Waals surface area contributed by atoms with Gasteiger partial charge in [-0.1, -0.05) is 23.8 Å². The molecule has 0 spiro atoms. The second-order valence-electron chi connectivity index (χ2n) is 6.07. The van der Waals surface area contributed by atoms with Crippen LogP contribution in [0.15, 0.2) is 41.8 Å². The molecule has 5 nitrogen and oxygen atoms in total. The highest BCUT2D eigenvalue weighted by atomic mass is 32.2. The van der Waals surface area contributed by atoms with Crippen LogP contribution in [0.4, 0.5) is 0 Å². The van der Waals surface area contributed by atoms with E-state index in [0.717, 1.165) is 42.7 Å². The minimum absolute atomic E-state index is 0.686. The summed E-state index contributed by atoms with van der Waals surface area (Å²) in [5, 5.41) is 4.78. The van der Waals surface area contributed by atoms with Gasteiger partial charge in [0.05, 0.1) is 25.6 Å². The smallest absolute Gasteiger partial charge is 0.199 e.